The summed E-state index contributed by atoms with van der Waals surface area (Å²) in [5, 5.41) is 21.4. The van der Waals surface area contributed by atoms with Crippen LogP contribution in [0.5, 0.6) is 5.75 Å². The second-order valence-corrected chi connectivity index (χ2v) is 7.09. The monoisotopic (exact) mass is 428 g/mol. The van der Waals surface area contributed by atoms with E-state index < -0.39 is 5.91 Å². The number of phenols is 1. The summed E-state index contributed by atoms with van der Waals surface area (Å²) in [6.07, 6.45) is 3.21. The van der Waals surface area contributed by atoms with Crippen LogP contribution in [0, 0.1) is 0 Å². The van der Waals surface area contributed by atoms with Crippen LogP contribution < -0.4 is 5.32 Å². The zero-order valence-corrected chi connectivity index (χ0v) is 16.4. The fraction of sp³-hybridized carbons (Fsp3) is 0.0500. The summed E-state index contributed by atoms with van der Waals surface area (Å²) in [6.45, 7) is 0.428. The van der Waals surface area contributed by atoms with Gasteiger partial charge in [-0.2, -0.15) is 5.10 Å². The number of carbonyl (C=O) groups excluding carboxylic acids is 1. The third kappa shape index (κ3) is 4.42. The number of aromatic nitrogens is 3. The predicted molar refractivity (Wildman–Crippen MR) is 109 cm³/mol. The minimum atomic E-state index is -0.441. The van der Waals surface area contributed by atoms with E-state index in [4.69, 9.17) is 27.7 Å². The molecule has 7 nitrogen and oxygen atoms in total. The molecule has 0 saturated heterocycles. The first kappa shape index (κ1) is 19.0. The van der Waals surface area contributed by atoms with Crippen molar-refractivity contribution >= 4 is 34.8 Å². The minimum absolute atomic E-state index is 0.0955. The third-order valence-electron chi connectivity index (χ3n) is 4.11. The van der Waals surface area contributed by atoms with Crippen molar-refractivity contribution in [1.29, 1.82) is 0 Å². The Morgan fingerprint density at radius 3 is 2.83 bits per heavy atom. The Hall–Kier alpha value is -3.29. The minimum Gasteiger partial charge on any atom is -0.508 e. The Kier molecular flexibility index (Phi) is 5.24. The lowest BCUT2D eigenvalue weighted by atomic mass is 10.1. The molecule has 0 aliphatic heterocycles. The van der Waals surface area contributed by atoms with E-state index in [0.29, 0.717) is 33.6 Å². The fourth-order valence-electron chi connectivity index (χ4n) is 2.71. The van der Waals surface area contributed by atoms with Crippen molar-refractivity contribution in [2.45, 2.75) is 6.54 Å². The van der Waals surface area contributed by atoms with Gasteiger partial charge in [-0.1, -0.05) is 46.6 Å². The van der Waals surface area contributed by atoms with Crippen molar-refractivity contribution in [3.63, 3.8) is 0 Å². The molecule has 0 fully saturated rings. The van der Waals surface area contributed by atoms with Crippen LogP contribution in [0.1, 0.15) is 16.1 Å². The zero-order chi connectivity index (χ0) is 20.4. The van der Waals surface area contributed by atoms with E-state index in [1.54, 1.807) is 41.2 Å². The van der Waals surface area contributed by atoms with Gasteiger partial charge in [0.15, 0.2) is 11.5 Å². The van der Waals surface area contributed by atoms with Crippen LogP contribution in [0.2, 0.25) is 10.0 Å². The maximum Gasteiger partial charge on any atom is 0.277 e. The van der Waals surface area contributed by atoms with E-state index in [1.165, 1.54) is 18.3 Å². The summed E-state index contributed by atoms with van der Waals surface area (Å²) in [5.41, 5.74) is 2.08. The molecule has 0 saturated carbocycles. The lowest BCUT2D eigenvalue weighted by molar-refractivity contribution is 0.101. The molecule has 0 aliphatic rings. The van der Waals surface area contributed by atoms with Crippen molar-refractivity contribution in [3.05, 3.63) is 82.2 Å². The van der Waals surface area contributed by atoms with E-state index in [0.717, 1.165) is 5.56 Å². The van der Waals surface area contributed by atoms with Crippen LogP contribution >= 0.6 is 23.2 Å². The quantitative estimate of drug-likeness (QED) is 0.473. The molecule has 2 N–H and O–H groups in total. The number of amides is 1. The van der Waals surface area contributed by atoms with Crippen molar-refractivity contribution < 1.29 is 14.4 Å². The number of rotatable bonds is 5. The smallest absolute Gasteiger partial charge is 0.277 e. The summed E-state index contributed by atoms with van der Waals surface area (Å²) in [7, 11) is 0. The molecule has 0 atom stereocenters. The van der Waals surface area contributed by atoms with Crippen molar-refractivity contribution in [3.8, 4) is 17.1 Å². The third-order valence-corrected chi connectivity index (χ3v) is 4.70. The van der Waals surface area contributed by atoms with Gasteiger partial charge in [0.1, 0.15) is 5.75 Å². The Morgan fingerprint density at radius 1 is 1.17 bits per heavy atom. The molecular formula is C20H14Cl2N4O3. The van der Waals surface area contributed by atoms with Crippen molar-refractivity contribution in [1.82, 2.24) is 14.9 Å². The molecule has 2 aromatic carbocycles. The topological polar surface area (TPSA) is 93.2 Å². The molecule has 2 heterocycles. The van der Waals surface area contributed by atoms with E-state index in [-0.39, 0.29) is 11.4 Å². The maximum absolute atomic E-state index is 12.4. The number of hydrogen-bond acceptors (Lipinski definition) is 5. The number of anilines is 1. The number of halogens is 2. The second kappa shape index (κ2) is 7.98. The summed E-state index contributed by atoms with van der Waals surface area (Å²) in [6, 6.07) is 13.2. The summed E-state index contributed by atoms with van der Waals surface area (Å²) in [5.74, 6) is 0.0291. The Morgan fingerprint density at radius 2 is 2.03 bits per heavy atom. The number of carbonyl (C=O) groups is 1. The predicted octanol–water partition coefficient (Wildman–Crippen LogP) is 4.85. The number of benzene rings is 2. The first-order valence-electron chi connectivity index (χ1n) is 8.52. The van der Waals surface area contributed by atoms with Gasteiger partial charge in [-0.3, -0.25) is 9.48 Å². The summed E-state index contributed by atoms with van der Waals surface area (Å²) >= 11 is 12.1. The highest BCUT2D eigenvalue weighted by Crippen LogP contribution is 2.24. The molecule has 0 aliphatic carbocycles. The van der Waals surface area contributed by atoms with Gasteiger partial charge in [0.2, 0.25) is 0 Å². The molecule has 0 spiro atoms. The highest BCUT2D eigenvalue weighted by molar-refractivity contribution is 6.35. The summed E-state index contributed by atoms with van der Waals surface area (Å²) in [4.78, 5) is 12.4. The molecule has 9 heteroatoms. The van der Waals surface area contributed by atoms with Crippen LogP contribution in [-0.4, -0.2) is 26.0 Å². The van der Waals surface area contributed by atoms with E-state index in [9.17, 15) is 9.90 Å². The average molecular weight is 429 g/mol. The first-order valence-corrected chi connectivity index (χ1v) is 9.27. The van der Waals surface area contributed by atoms with Crippen LogP contribution in [0.4, 0.5) is 5.69 Å². The van der Waals surface area contributed by atoms with Crippen LogP contribution in [-0.2, 0) is 6.54 Å². The van der Waals surface area contributed by atoms with Gasteiger partial charge in [-0.05, 0) is 29.8 Å². The van der Waals surface area contributed by atoms with Crippen LogP contribution in [0.25, 0.3) is 11.3 Å². The highest BCUT2D eigenvalue weighted by Gasteiger charge is 2.15. The number of nitrogens with zero attached hydrogens (tertiary/aromatic N) is 3. The van der Waals surface area contributed by atoms with Gasteiger partial charge >= 0.3 is 0 Å². The number of aromatic hydroxyl groups is 1. The SMILES string of the molecule is O=C(Nc1cnn(Cc2ccc(Cl)cc2Cl)c1)c1cc(-c2cccc(O)c2)on1. The molecular weight excluding hydrogens is 415 g/mol. The molecule has 146 valence electrons. The normalized spacial score (nSPS) is 10.8. The summed E-state index contributed by atoms with van der Waals surface area (Å²) < 4.78 is 6.85. The van der Waals surface area contributed by atoms with Gasteiger partial charge in [-0.25, -0.2) is 0 Å². The van der Waals surface area contributed by atoms with Gasteiger partial charge in [0, 0.05) is 27.9 Å². The van der Waals surface area contributed by atoms with Crippen molar-refractivity contribution in [2.24, 2.45) is 0 Å². The number of phenolic OH excluding ortho intramolecular Hbond substituents is 1. The molecule has 0 radical (unpaired) electrons. The second-order valence-electron chi connectivity index (χ2n) is 6.24. The van der Waals surface area contributed by atoms with Gasteiger partial charge in [0.25, 0.3) is 5.91 Å². The Labute approximate surface area is 175 Å². The fourth-order valence-corrected chi connectivity index (χ4v) is 3.18. The first-order chi connectivity index (χ1) is 14.0. The molecule has 0 unspecified atom stereocenters. The molecule has 2 aromatic heterocycles. The zero-order valence-electron chi connectivity index (χ0n) is 14.8. The number of hydrogen-bond donors (Lipinski definition) is 2. The van der Waals surface area contributed by atoms with E-state index >= 15 is 0 Å². The lowest BCUT2D eigenvalue weighted by Gasteiger charge is -2.05. The van der Waals surface area contributed by atoms with E-state index in [2.05, 4.69) is 15.6 Å². The molecule has 29 heavy (non-hydrogen) atoms. The molecule has 4 aromatic rings. The van der Waals surface area contributed by atoms with Crippen molar-refractivity contribution in [2.75, 3.05) is 5.32 Å². The van der Waals surface area contributed by atoms with E-state index in [1.807, 2.05) is 6.07 Å². The molecule has 1 amide bonds. The standard InChI is InChI=1S/C20H14Cl2N4O3/c21-14-5-4-13(17(22)7-14)10-26-11-15(9-23-26)24-20(28)18-8-19(29-25-18)12-2-1-3-16(27)6-12/h1-9,11,27H,10H2,(H,24,28). The average Bonchev–Trinajstić information content (AvgIpc) is 3.34. The Balaban J connectivity index is 1.44. The molecule has 0 bridgehead atoms. The van der Waals surface area contributed by atoms with Crippen LogP contribution in [0.3, 0.4) is 0 Å². The number of nitrogens with one attached hydrogen (secondary N) is 1. The highest BCUT2D eigenvalue weighted by atomic mass is 35.5. The lowest BCUT2D eigenvalue weighted by Crippen LogP contribution is -2.11. The van der Waals surface area contributed by atoms with Crippen LogP contribution in [0.15, 0.2) is 65.4 Å². The molecule has 4 rings (SSSR count). The Bertz CT molecular complexity index is 1190. The van der Waals surface area contributed by atoms with Gasteiger partial charge in [-0.15, -0.1) is 0 Å². The maximum atomic E-state index is 12.4. The van der Waals surface area contributed by atoms with Gasteiger partial charge < -0.3 is 14.9 Å². The largest absolute Gasteiger partial charge is 0.508 e. The van der Waals surface area contributed by atoms with Gasteiger partial charge in [0.05, 0.1) is 18.4 Å².